The van der Waals surface area contributed by atoms with Gasteiger partial charge in [-0.1, -0.05) is 36.4 Å². The van der Waals surface area contributed by atoms with Crippen LogP contribution < -0.4 is 15.8 Å². The Morgan fingerprint density at radius 3 is 2.46 bits per heavy atom. The molecular weight excluding hydrogens is 369 g/mol. The molecule has 0 saturated heterocycles. The van der Waals surface area contributed by atoms with Gasteiger partial charge in [0.05, 0.1) is 5.69 Å². The molecule has 0 heterocycles. The molecule has 0 bridgehead atoms. The van der Waals surface area contributed by atoms with Crippen LogP contribution in [-0.4, -0.2) is 18.7 Å². The molecule has 2 rings (SSSR count). The molecule has 3 N–H and O–H groups in total. The fourth-order valence-electron chi connectivity index (χ4n) is 2.23. The first kappa shape index (κ1) is 21.8. The van der Waals surface area contributed by atoms with Crippen LogP contribution in [0.3, 0.4) is 0 Å². The number of rotatable bonds is 6. The number of aryl methyl sites for hydroxylation is 1. The van der Waals surface area contributed by atoms with Crippen molar-refractivity contribution in [3.8, 4) is 5.75 Å². The highest BCUT2D eigenvalue weighted by molar-refractivity contribution is 5.92. The SMILES string of the molecule is Cc1ccc(NC(=O)CC(N)c2ccccc2)c(OCC(F)(F)F)c1.Cl. The molecule has 142 valence electrons. The summed E-state index contributed by atoms with van der Waals surface area (Å²) in [5, 5.41) is 2.56. The van der Waals surface area contributed by atoms with E-state index in [0.717, 1.165) is 11.1 Å². The van der Waals surface area contributed by atoms with Crippen molar-refractivity contribution in [2.75, 3.05) is 11.9 Å². The van der Waals surface area contributed by atoms with Crippen LogP contribution in [0.15, 0.2) is 48.5 Å². The molecular formula is C18H20ClF3N2O2. The maximum atomic E-state index is 12.4. The van der Waals surface area contributed by atoms with E-state index in [2.05, 4.69) is 5.32 Å². The molecule has 0 aliphatic carbocycles. The molecule has 0 spiro atoms. The fourth-order valence-corrected chi connectivity index (χ4v) is 2.23. The monoisotopic (exact) mass is 388 g/mol. The van der Waals surface area contributed by atoms with Gasteiger partial charge in [0.1, 0.15) is 5.75 Å². The van der Waals surface area contributed by atoms with Crippen LogP contribution in [0.1, 0.15) is 23.6 Å². The van der Waals surface area contributed by atoms with E-state index in [1.54, 1.807) is 13.0 Å². The van der Waals surface area contributed by atoms with E-state index < -0.39 is 24.7 Å². The van der Waals surface area contributed by atoms with Gasteiger partial charge in [0.25, 0.3) is 0 Å². The number of ether oxygens (including phenoxy) is 1. The van der Waals surface area contributed by atoms with Crippen molar-refractivity contribution >= 4 is 24.0 Å². The summed E-state index contributed by atoms with van der Waals surface area (Å²) in [6.45, 7) is 0.292. The molecule has 2 aromatic carbocycles. The highest BCUT2D eigenvalue weighted by Crippen LogP contribution is 2.28. The van der Waals surface area contributed by atoms with Gasteiger partial charge in [0.2, 0.25) is 5.91 Å². The van der Waals surface area contributed by atoms with Gasteiger partial charge in [-0.25, -0.2) is 0 Å². The molecule has 26 heavy (non-hydrogen) atoms. The molecule has 2 aromatic rings. The molecule has 1 unspecified atom stereocenters. The summed E-state index contributed by atoms with van der Waals surface area (Å²) in [4.78, 5) is 12.2. The number of benzene rings is 2. The molecule has 0 saturated carbocycles. The molecule has 0 aliphatic rings. The number of carbonyl (C=O) groups excluding carboxylic acids is 1. The second-order valence-corrected chi connectivity index (χ2v) is 5.67. The van der Waals surface area contributed by atoms with Crippen LogP contribution in [0.2, 0.25) is 0 Å². The normalized spacial score (nSPS) is 12.0. The summed E-state index contributed by atoms with van der Waals surface area (Å²) < 4.78 is 41.9. The smallest absolute Gasteiger partial charge is 0.422 e. The highest BCUT2D eigenvalue weighted by atomic mass is 35.5. The Morgan fingerprint density at radius 2 is 1.85 bits per heavy atom. The maximum absolute atomic E-state index is 12.4. The van der Waals surface area contributed by atoms with Gasteiger partial charge in [0.15, 0.2) is 6.61 Å². The minimum Gasteiger partial charge on any atom is -0.482 e. The van der Waals surface area contributed by atoms with Gasteiger partial charge in [-0.2, -0.15) is 13.2 Å². The van der Waals surface area contributed by atoms with Gasteiger partial charge < -0.3 is 15.8 Å². The molecule has 0 aliphatic heterocycles. The van der Waals surface area contributed by atoms with Crippen LogP contribution in [0, 0.1) is 6.92 Å². The fraction of sp³-hybridized carbons (Fsp3) is 0.278. The van der Waals surface area contributed by atoms with Gasteiger partial charge in [-0.3, -0.25) is 4.79 Å². The summed E-state index contributed by atoms with van der Waals surface area (Å²) in [5.74, 6) is -0.434. The first-order valence-corrected chi connectivity index (χ1v) is 7.65. The average Bonchev–Trinajstić information content (AvgIpc) is 2.55. The molecule has 1 atom stereocenters. The Balaban J connectivity index is 0.00000338. The molecule has 0 radical (unpaired) electrons. The molecule has 0 fully saturated rings. The van der Waals surface area contributed by atoms with E-state index in [9.17, 15) is 18.0 Å². The number of hydrogen-bond acceptors (Lipinski definition) is 3. The van der Waals surface area contributed by atoms with Crippen LogP contribution in [0.4, 0.5) is 18.9 Å². The lowest BCUT2D eigenvalue weighted by Crippen LogP contribution is -2.22. The van der Waals surface area contributed by atoms with E-state index in [0.29, 0.717) is 0 Å². The van der Waals surface area contributed by atoms with E-state index in [4.69, 9.17) is 10.5 Å². The zero-order valence-electron chi connectivity index (χ0n) is 14.0. The Morgan fingerprint density at radius 1 is 1.19 bits per heavy atom. The Kier molecular flexibility index (Phi) is 7.92. The van der Waals surface area contributed by atoms with Crippen LogP contribution >= 0.6 is 12.4 Å². The average molecular weight is 389 g/mol. The first-order chi connectivity index (χ1) is 11.7. The maximum Gasteiger partial charge on any atom is 0.422 e. The lowest BCUT2D eigenvalue weighted by atomic mass is 10.0. The summed E-state index contributed by atoms with van der Waals surface area (Å²) in [6.07, 6.45) is -4.46. The number of alkyl halides is 3. The van der Waals surface area contributed by atoms with Crippen molar-refractivity contribution < 1.29 is 22.7 Å². The van der Waals surface area contributed by atoms with Crippen LogP contribution in [-0.2, 0) is 4.79 Å². The van der Waals surface area contributed by atoms with Gasteiger partial charge in [0, 0.05) is 12.5 Å². The van der Waals surface area contributed by atoms with Crippen molar-refractivity contribution in [2.45, 2.75) is 25.6 Å². The van der Waals surface area contributed by atoms with Gasteiger partial charge in [-0.05, 0) is 30.2 Å². The van der Waals surface area contributed by atoms with E-state index in [1.165, 1.54) is 12.1 Å². The highest BCUT2D eigenvalue weighted by Gasteiger charge is 2.29. The lowest BCUT2D eigenvalue weighted by molar-refractivity contribution is -0.153. The quantitative estimate of drug-likeness (QED) is 0.771. The summed E-state index contributed by atoms with van der Waals surface area (Å²) >= 11 is 0. The number of hydrogen-bond donors (Lipinski definition) is 2. The summed E-state index contributed by atoms with van der Waals surface area (Å²) in [6, 6.07) is 13.2. The third-order valence-electron chi connectivity index (χ3n) is 3.44. The van der Waals surface area contributed by atoms with Gasteiger partial charge >= 0.3 is 6.18 Å². The van der Waals surface area contributed by atoms with E-state index in [1.807, 2.05) is 30.3 Å². The lowest BCUT2D eigenvalue weighted by Gasteiger charge is -2.16. The Labute approximate surface area is 155 Å². The third-order valence-corrected chi connectivity index (χ3v) is 3.44. The van der Waals surface area contributed by atoms with Gasteiger partial charge in [-0.15, -0.1) is 12.4 Å². The molecule has 8 heteroatoms. The van der Waals surface area contributed by atoms with Crippen molar-refractivity contribution in [2.24, 2.45) is 5.73 Å². The number of anilines is 1. The zero-order valence-corrected chi connectivity index (χ0v) is 14.9. The zero-order chi connectivity index (χ0) is 18.4. The summed E-state index contributed by atoms with van der Waals surface area (Å²) in [7, 11) is 0. The third kappa shape index (κ3) is 6.93. The molecule has 4 nitrogen and oxygen atoms in total. The van der Waals surface area contributed by atoms with Crippen molar-refractivity contribution in [1.82, 2.24) is 0 Å². The second-order valence-electron chi connectivity index (χ2n) is 5.67. The standard InChI is InChI=1S/C18H19F3N2O2.ClH/c1-12-7-8-15(16(9-12)25-11-18(19,20)21)23-17(24)10-14(22)13-5-3-2-4-6-13;/h2-9,14H,10-11,22H2,1H3,(H,23,24);1H. The van der Waals surface area contributed by atoms with Crippen LogP contribution in [0.25, 0.3) is 0 Å². The number of halogens is 4. The van der Waals surface area contributed by atoms with Crippen LogP contribution in [0.5, 0.6) is 5.75 Å². The predicted molar refractivity (Wildman–Crippen MR) is 96.6 cm³/mol. The van der Waals surface area contributed by atoms with E-state index >= 15 is 0 Å². The number of carbonyl (C=O) groups is 1. The summed E-state index contributed by atoms with van der Waals surface area (Å²) in [5.41, 5.74) is 7.69. The largest absolute Gasteiger partial charge is 0.482 e. The number of nitrogens with two attached hydrogens (primary N) is 1. The van der Waals surface area contributed by atoms with E-state index in [-0.39, 0.29) is 30.3 Å². The topological polar surface area (TPSA) is 64.4 Å². The molecule has 1 amide bonds. The Bertz CT molecular complexity index is 724. The number of nitrogens with one attached hydrogen (secondary N) is 1. The van der Waals surface area contributed by atoms with Crippen molar-refractivity contribution in [1.29, 1.82) is 0 Å². The van der Waals surface area contributed by atoms with Crippen molar-refractivity contribution in [3.63, 3.8) is 0 Å². The predicted octanol–water partition coefficient (Wildman–Crippen LogP) is 4.39. The minimum absolute atomic E-state index is 0. The molecule has 0 aromatic heterocycles. The van der Waals surface area contributed by atoms with Crippen molar-refractivity contribution in [3.05, 3.63) is 59.7 Å². The Hall–Kier alpha value is -2.25. The second kappa shape index (κ2) is 9.45. The number of amides is 1. The first-order valence-electron chi connectivity index (χ1n) is 7.65. The minimum atomic E-state index is -4.46.